The molecule has 0 amide bonds. The monoisotopic (exact) mass is 160 g/mol. The molecule has 1 aromatic rings. The molecule has 0 atom stereocenters. The summed E-state index contributed by atoms with van der Waals surface area (Å²) in [5.74, 6) is 0.642. The third-order valence-corrected chi connectivity index (χ3v) is 1.36. The van der Waals surface area contributed by atoms with Gasteiger partial charge in [0.2, 0.25) is 11.8 Å². The molecule has 12 heavy (non-hydrogen) atoms. The van der Waals surface area contributed by atoms with Gasteiger partial charge in [0.05, 0.1) is 0 Å². The number of guanidine groups is 1. The van der Waals surface area contributed by atoms with E-state index in [1.807, 2.05) is 12.1 Å². The van der Waals surface area contributed by atoms with Gasteiger partial charge in [-0.15, -0.1) is 10.5 Å². The lowest BCUT2D eigenvalue weighted by molar-refractivity contribution is 1.02. The molecule has 5 nitrogen and oxygen atoms in total. The maximum atomic E-state index is 5.30. The van der Waals surface area contributed by atoms with Crippen molar-refractivity contribution in [2.24, 2.45) is 15.8 Å². The van der Waals surface area contributed by atoms with Crippen molar-refractivity contribution in [3.63, 3.8) is 0 Å². The Morgan fingerprint density at radius 2 is 2.17 bits per heavy atom. The lowest BCUT2D eigenvalue weighted by atomic mass is 10.3. The summed E-state index contributed by atoms with van der Waals surface area (Å²) in [7, 11) is 0. The molecule has 0 unspecified atom stereocenters. The molecule has 0 fully saturated rings. The summed E-state index contributed by atoms with van der Waals surface area (Å²) in [5.41, 5.74) is 9.56. The largest absolute Gasteiger partial charge is 0.366 e. The Balaban J connectivity index is 2.34. The molecule has 5 heteroatoms. The highest BCUT2D eigenvalue weighted by molar-refractivity contribution is 6.07. The van der Waals surface area contributed by atoms with Gasteiger partial charge in [-0.2, -0.15) is 4.99 Å². The highest BCUT2D eigenvalue weighted by atomic mass is 15.4. The summed E-state index contributed by atoms with van der Waals surface area (Å²) in [4.78, 5) is 7.92. The van der Waals surface area contributed by atoms with Crippen LogP contribution in [0.1, 0.15) is 5.69 Å². The average molecular weight is 160 g/mol. The van der Waals surface area contributed by atoms with Crippen LogP contribution in [0.2, 0.25) is 0 Å². The molecule has 59 valence electrons. The lowest BCUT2D eigenvalue weighted by Crippen LogP contribution is -2.16. The predicted molar refractivity (Wildman–Crippen MR) is 44.5 cm³/mol. The number of nitrogens with zero attached hydrogens (tertiary/aromatic N) is 4. The quantitative estimate of drug-likeness (QED) is 0.610. The van der Waals surface area contributed by atoms with E-state index < -0.39 is 0 Å². The van der Waals surface area contributed by atoms with E-state index in [9.17, 15) is 0 Å². The van der Waals surface area contributed by atoms with Crippen molar-refractivity contribution in [3.8, 4) is 0 Å². The fraction of sp³-hybridized carbons (Fsp3) is 0. The van der Waals surface area contributed by atoms with Crippen LogP contribution < -0.4 is 11.2 Å². The molecule has 1 aliphatic heterocycles. The lowest BCUT2D eigenvalue weighted by Gasteiger charge is -1.91. The Labute approximate surface area is 69.0 Å². The van der Waals surface area contributed by atoms with Crippen LogP contribution in [0, 0.1) is 0 Å². The Kier molecular flexibility index (Phi) is 1.48. The number of aromatic nitrogens is 1. The molecule has 2 rings (SSSR count). The number of hydrogen-bond acceptors (Lipinski definition) is 4. The fourth-order valence-electron chi connectivity index (χ4n) is 0.855. The van der Waals surface area contributed by atoms with Crippen molar-refractivity contribution in [2.45, 2.75) is 0 Å². The molecule has 0 aliphatic carbocycles. The van der Waals surface area contributed by atoms with Gasteiger partial charge in [-0.25, -0.2) is 0 Å². The summed E-state index contributed by atoms with van der Waals surface area (Å²) >= 11 is 0. The zero-order valence-corrected chi connectivity index (χ0v) is 6.18. The number of pyridine rings is 1. The molecular weight excluding hydrogens is 154 g/mol. The molecule has 0 aromatic carbocycles. The van der Waals surface area contributed by atoms with Crippen LogP contribution in [0.25, 0.3) is 0 Å². The first-order valence-electron chi connectivity index (χ1n) is 3.40. The zero-order valence-electron chi connectivity index (χ0n) is 6.18. The van der Waals surface area contributed by atoms with Crippen LogP contribution in [0.3, 0.4) is 0 Å². The minimum atomic E-state index is 0.177. The SMILES string of the molecule is NC1=NC(c2ccccn2)=N[N]1. The van der Waals surface area contributed by atoms with Crippen molar-refractivity contribution >= 4 is 11.8 Å². The number of hydrogen-bond donors (Lipinski definition) is 1. The Hall–Kier alpha value is -1.91. The van der Waals surface area contributed by atoms with E-state index in [1.54, 1.807) is 12.3 Å². The van der Waals surface area contributed by atoms with Crippen molar-refractivity contribution in [1.82, 2.24) is 10.4 Å². The smallest absolute Gasteiger partial charge is 0.242 e. The molecular formula is C7H6N5. The number of amidine groups is 1. The second-order valence-corrected chi connectivity index (χ2v) is 2.21. The van der Waals surface area contributed by atoms with Crippen molar-refractivity contribution in [3.05, 3.63) is 30.1 Å². The highest BCUT2D eigenvalue weighted by Gasteiger charge is 2.10. The number of rotatable bonds is 1. The van der Waals surface area contributed by atoms with Gasteiger partial charge >= 0.3 is 0 Å². The standard InChI is InChI=1S/C7H6N5/c8-7-10-6(11-12-7)5-3-1-2-4-9-5/h1-4H,(H2,8,10,11). The van der Waals surface area contributed by atoms with E-state index in [1.165, 1.54) is 0 Å². The topological polar surface area (TPSA) is 77.7 Å². The van der Waals surface area contributed by atoms with Gasteiger partial charge in [0.1, 0.15) is 5.69 Å². The first-order valence-corrected chi connectivity index (χ1v) is 3.40. The van der Waals surface area contributed by atoms with Gasteiger partial charge in [0.15, 0.2) is 0 Å². The average Bonchev–Trinajstić information content (AvgIpc) is 2.54. The third-order valence-electron chi connectivity index (χ3n) is 1.36. The summed E-state index contributed by atoms with van der Waals surface area (Å²) in [6, 6.07) is 5.48. The van der Waals surface area contributed by atoms with Crippen LogP contribution in [-0.4, -0.2) is 16.8 Å². The van der Waals surface area contributed by atoms with Gasteiger partial charge in [0, 0.05) is 6.20 Å². The first-order chi connectivity index (χ1) is 5.86. The summed E-state index contributed by atoms with van der Waals surface area (Å²) in [6.45, 7) is 0. The summed E-state index contributed by atoms with van der Waals surface area (Å²) in [6.07, 6.45) is 1.67. The van der Waals surface area contributed by atoms with Crippen LogP contribution in [0.5, 0.6) is 0 Å². The van der Waals surface area contributed by atoms with E-state index in [0.717, 1.165) is 0 Å². The van der Waals surface area contributed by atoms with Crippen molar-refractivity contribution in [2.75, 3.05) is 0 Å². The zero-order chi connectivity index (χ0) is 8.39. The Morgan fingerprint density at radius 3 is 2.75 bits per heavy atom. The van der Waals surface area contributed by atoms with Gasteiger partial charge < -0.3 is 5.73 Å². The van der Waals surface area contributed by atoms with E-state index in [4.69, 9.17) is 5.73 Å². The maximum absolute atomic E-state index is 5.30. The molecule has 1 aromatic heterocycles. The van der Waals surface area contributed by atoms with Crippen LogP contribution >= 0.6 is 0 Å². The van der Waals surface area contributed by atoms with Crippen LogP contribution in [0.15, 0.2) is 34.5 Å². The molecule has 2 N–H and O–H groups in total. The molecule has 0 bridgehead atoms. The van der Waals surface area contributed by atoms with Gasteiger partial charge in [-0.1, -0.05) is 6.07 Å². The van der Waals surface area contributed by atoms with E-state index >= 15 is 0 Å². The van der Waals surface area contributed by atoms with Crippen LogP contribution in [-0.2, 0) is 0 Å². The van der Waals surface area contributed by atoms with E-state index in [0.29, 0.717) is 11.5 Å². The molecule has 2 heterocycles. The van der Waals surface area contributed by atoms with Gasteiger partial charge in [-0.05, 0) is 12.1 Å². The molecule has 0 spiro atoms. The second kappa shape index (κ2) is 2.61. The number of aliphatic imine (C=N–C) groups is 1. The molecule has 1 aliphatic rings. The third kappa shape index (κ3) is 1.12. The highest BCUT2D eigenvalue weighted by Crippen LogP contribution is 2.00. The van der Waals surface area contributed by atoms with Gasteiger partial charge in [0.25, 0.3) is 0 Å². The maximum Gasteiger partial charge on any atom is 0.242 e. The molecule has 0 saturated carbocycles. The van der Waals surface area contributed by atoms with Crippen molar-refractivity contribution < 1.29 is 0 Å². The van der Waals surface area contributed by atoms with Crippen molar-refractivity contribution in [1.29, 1.82) is 0 Å². The first kappa shape index (κ1) is 6.78. The van der Waals surface area contributed by atoms with E-state index in [2.05, 4.69) is 20.5 Å². The van der Waals surface area contributed by atoms with E-state index in [-0.39, 0.29) is 5.96 Å². The molecule has 1 radical (unpaired) electrons. The Morgan fingerprint density at radius 1 is 1.25 bits per heavy atom. The predicted octanol–water partition coefficient (Wildman–Crippen LogP) is -0.324. The summed E-state index contributed by atoms with van der Waals surface area (Å²) < 4.78 is 0. The fourth-order valence-corrected chi connectivity index (χ4v) is 0.855. The number of nitrogens with two attached hydrogens (primary N) is 1. The second-order valence-electron chi connectivity index (χ2n) is 2.21. The van der Waals surface area contributed by atoms with Crippen LogP contribution in [0.4, 0.5) is 0 Å². The minimum Gasteiger partial charge on any atom is -0.366 e. The normalized spacial score (nSPS) is 15.0. The Bertz CT molecular complexity index is 340. The molecule has 0 saturated heterocycles. The minimum absolute atomic E-state index is 0.177. The summed E-state index contributed by atoms with van der Waals surface area (Å²) in [5, 5.41) is 3.74. The van der Waals surface area contributed by atoms with Gasteiger partial charge in [-0.3, -0.25) is 4.98 Å².